The highest BCUT2D eigenvalue weighted by Crippen LogP contribution is 2.13. The standard InChI is InChI=1S/C16H13ClN2O3/c17-12-3-1-2-10(8-12)6-7-18-15(20)11-4-5-13-14(9-11)22-16(21)19-13/h1-5,8-9H,6-7H2,(H,18,20)(H,19,21). The normalized spacial score (nSPS) is 10.8. The van der Waals surface area contributed by atoms with Gasteiger partial charge in [0.15, 0.2) is 5.58 Å². The van der Waals surface area contributed by atoms with Gasteiger partial charge in [0.25, 0.3) is 5.91 Å². The molecule has 0 bridgehead atoms. The van der Waals surface area contributed by atoms with Gasteiger partial charge in [-0.3, -0.25) is 9.78 Å². The van der Waals surface area contributed by atoms with Crippen molar-refractivity contribution in [2.45, 2.75) is 6.42 Å². The first kappa shape index (κ1) is 14.4. The Kier molecular flexibility index (Phi) is 3.98. The van der Waals surface area contributed by atoms with Crippen LogP contribution in [0.3, 0.4) is 0 Å². The number of carbonyl (C=O) groups is 1. The van der Waals surface area contributed by atoms with E-state index in [0.29, 0.717) is 34.7 Å². The molecule has 0 fully saturated rings. The molecule has 0 spiro atoms. The van der Waals surface area contributed by atoms with Crippen molar-refractivity contribution in [2.75, 3.05) is 6.54 Å². The number of fused-ring (bicyclic) bond motifs is 1. The molecule has 3 aromatic rings. The van der Waals surface area contributed by atoms with E-state index in [9.17, 15) is 9.59 Å². The Hall–Kier alpha value is -2.53. The Balaban J connectivity index is 1.64. The van der Waals surface area contributed by atoms with Gasteiger partial charge >= 0.3 is 5.76 Å². The van der Waals surface area contributed by atoms with E-state index in [-0.39, 0.29) is 5.91 Å². The maximum atomic E-state index is 12.1. The van der Waals surface area contributed by atoms with E-state index < -0.39 is 5.76 Å². The third-order valence-corrected chi connectivity index (χ3v) is 3.51. The molecule has 0 saturated carbocycles. The Morgan fingerprint density at radius 1 is 1.23 bits per heavy atom. The molecule has 6 heteroatoms. The van der Waals surface area contributed by atoms with Crippen LogP contribution in [-0.2, 0) is 6.42 Å². The molecule has 0 aliphatic rings. The highest BCUT2D eigenvalue weighted by Gasteiger charge is 2.08. The monoisotopic (exact) mass is 316 g/mol. The topological polar surface area (TPSA) is 75.1 Å². The van der Waals surface area contributed by atoms with Crippen molar-refractivity contribution >= 4 is 28.6 Å². The van der Waals surface area contributed by atoms with Crippen molar-refractivity contribution in [3.8, 4) is 0 Å². The number of benzene rings is 2. The van der Waals surface area contributed by atoms with Crippen LogP contribution in [0.1, 0.15) is 15.9 Å². The quantitative estimate of drug-likeness (QED) is 0.777. The molecule has 0 radical (unpaired) electrons. The van der Waals surface area contributed by atoms with Crippen LogP contribution < -0.4 is 11.1 Å². The number of carbonyl (C=O) groups excluding carboxylic acids is 1. The van der Waals surface area contributed by atoms with Crippen molar-refractivity contribution in [2.24, 2.45) is 0 Å². The van der Waals surface area contributed by atoms with Crippen LogP contribution >= 0.6 is 11.6 Å². The molecular formula is C16H13ClN2O3. The summed E-state index contributed by atoms with van der Waals surface area (Å²) in [5, 5.41) is 3.50. The molecule has 0 atom stereocenters. The van der Waals surface area contributed by atoms with Crippen LogP contribution in [0.15, 0.2) is 51.7 Å². The molecule has 0 unspecified atom stereocenters. The van der Waals surface area contributed by atoms with E-state index in [4.69, 9.17) is 16.0 Å². The molecule has 0 aliphatic carbocycles. The minimum Gasteiger partial charge on any atom is -0.408 e. The Morgan fingerprint density at radius 3 is 2.91 bits per heavy atom. The van der Waals surface area contributed by atoms with Crippen LogP contribution in [-0.4, -0.2) is 17.4 Å². The lowest BCUT2D eigenvalue weighted by atomic mass is 10.1. The van der Waals surface area contributed by atoms with Crippen LogP contribution in [0.4, 0.5) is 0 Å². The van der Waals surface area contributed by atoms with Crippen LogP contribution in [0.2, 0.25) is 5.02 Å². The first-order valence-corrected chi connectivity index (χ1v) is 7.15. The molecule has 2 aromatic carbocycles. The fourth-order valence-corrected chi connectivity index (χ4v) is 2.41. The Morgan fingerprint density at radius 2 is 2.09 bits per heavy atom. The van der Waals surface area contributed by atoms with Crippen LogP contribution in [0.5, 0.6) is 0 Å². The minimum atomic E-state index is -0.534. The van der Waals surface area contributed by atoms with Gasteiger partial charge in [0.05, 0.1) is 5.52 Å². The summed E-state index contributed by atoms with van der Waals surface area (Å²) in [5.74, 6) is -0.749. The third kappa shape index (κ3) is 3.20. The predicted octanol–water partition coefficient (Wildman–Crippen LogP) is 2.75. The van der Waals surface area contributed by atoms with Crippen molar-refractivity contribution in [1.29, 1.82) is 0 Å². The molecular weight excluding hydrogens is 304 g/mol. The molecule has 1 aromatic heterocycles. The molecule has 5 nitrogen and oxygen atoms in total. The van der Waals surface area contributed by atoms with Crippen molar-refractivity contribution in [3.05, 3.63) is 69.2 Å². The van der Waals surface area contributed by atoms with Gasteiger partial charge in [-0.2, -0.15) is 0 Å². The largest absolute Gasteiger partial charge is 0.417 e. The van der Waals surface area contributed by atoms with E-state index in [1.54, 1.807) is 18.2 Å². The lowest BCUT2D eigenvalue weighted by molar-refractivity contribution is 0.0954. The summed E-state index contributed by atoms with van der Waals surface area (Å²) in [6, 6.07) is 12.3. The predicted molar refractivity (Wildman–Crippen MR) is 84.3 cm³/mol. The van der Waals surface area contributed by atoms with Gasteiger partial charge in [-0.15, -0.1) is 0 Å². The molecule has 3 rings (SSSR count). The summed E-state index contributed by atoms with van der Waals surface area (Å²) in [4.78, 5) is 25.7. The number of hydrogen-bond acceptors (Lipinski definition) is 3. The average molecular weight is 317 g/mol. The zero-order valence-corrected chi connectivity index (χ0v) is 12.3. The summed E-state index contributed by atoms with van der Waals surface area (Å²) in [6.07, 6.45) is 0.688. The van der Waals surface area contributed by atoms with Gasteiger partial charge in [-0.25, -0.2) is 4.79 Å². The van der Waals surface area contributed by atoms with E-state index in [2.05, 4.69) is 10.3 Å². The van der Waals surface area contributed by atoms with E-state index in [0.717, 1.165) is 5.56 Å². The number of rotatable bonds is 4. The second-order valence-electron chi connectivity index (χ2n) is 4.86. The lowest BCUT2D eigenvalue weighted by Crippen LogP contribution is -2.25. The summed E-state index contributed by atoms with van der Waals surface area (Å²) >= 11 is 5.91. The highest BCUT2D eigenvalue weighted by molar-refractivity contribution is 6.30. The third-order valence-electron chi connectivity index (χ3n) is 3.27. The van der Waals surface area contributed by atoms with E-state index in [1.165, 1.54) is 0 Å². The van der Waals surface area contributed by atoms with Gasteiger partial charge in [-0.05, 0) is 42.3 Å². The lowest BCUT2D eigenvalue weighted by Gasteiger charge is -2.05. The van der Waals surface area contributed by atoms with E-state index >= 15 is 0 Å². The smallest absolute Gasteiger partial charge is 0.408 e. The second kappa shape index (κ2) is 6.07. The van der Waals surface area contributed by atoms with Crippen molar-refractivity contribution in [3.63, 3.8) is 0 Å². The average Bonchev–Trinajstić information content (AvgIpc) is 2.86. The summed E-state index contributed by atoms with van der Waals surface area (Å²) in [5.41, 5.74) is 2.44. The van der Waals surface area contributed by atoms with Gasteiger partial charge in [0, 0.05) is 17.1 Å². The fraction of sp³-hybridized carbons (Fsp3) is 0.125. The fourth-order valence-electron chi connectivity index (χ4n) is 2.20. The van der Waals surface area contributed by atoms with Crippen LogP contribution in [0.25, 0.3) is 11.1 Å². The summed E-state index contributed by atoms with van der Waals surface area (Å²) in [7, 11) is 0. The maximum absolute atomic E-state index is 12.1. The van der Waals surface area contributed by atoms with Gasteiger partial charge < -0.3 is 9.73 Å². The number of aromatic amines is 1. The van der Waals surface area contributed by atoms with E-state index in [1.807, 2.05) is 24.3 Å². The van der Waals surface area contributed by atoms with Gasteiger partial charge in [0.2, 0.25) is 0 Å². The van der Waals surface area contributed by atoms with Crippen molar-refractivity contribution < 1.29 is 9.21 Å². The molecule has 0 aliphatic heterocycles. The van der Waals surface area contributed by atoms with Crippen molar-refractivity contribution in [1.82, 2.24) is 10.3 Å². The number of hydrogen-bond donors (Lipinski definition) is 2. The maximum Gasteiger partial charge on any atom is 0.417 e. The SMILES string of the molecule is O=C(NCCc1cccc(Cl)c1)c1ccc2[nH]c(=O)oc2c1. The first-order chi connectivity index (χ1) is 10.6. The zero-order valence-electron chi connectivity index (χ0n) is 11.6. The Bertz CT molecular complexity index is 882. The van der Waals surface area contributed by atoms with Crippen LogP contribution in [0, 0.1) is 0 Å². The molecule has 2 N–H and O–H groups in total. The zero-order chi connectivity index (χ0) is 15.5. The minimum absolute atomic E-state index is 0.215. The number of nitrogens with one attached hydrogen (secondary N) is 2. The molecule has 0 saturated heterocycles. The summed E-state index contributed by atoms with van der Waals surface area (Å²) < 4.78 is 4.94. The second-order valence-corrected chi connectivity index (χ2v) is 5.30. The van der Waals surface area contributed by atoms with Gasteiger partial charge in [-0.1, -0.05) is 23.7 Å². The summed E-state index contributed by atoms with van der Waals surface area (Å²) in [6.45, 7) is 0.494. The molecule has 1 amide bonds. The molecule has 112 valence electrons. The number of oxazole rings is 1. The van der Waals surface area contributed by atoms with Gasteiger partial charge in [0.1, 0.15) is 0 Å². The number of aromatic nitrogens is 1. The molecule has 1 heterocycles. The molecule has 22 heavy (non-hydrogen) atoms. The number of H-pyrrole nitrogens is 1. The first-order valence-electron chi connectivity index (χ1n) is 6.77. The highest BCUT2D eigenvalue weighted by atomic mass is 35.5. The Labute approximate surface area is 130 Å². The number of halogens is 1. The number of amides is 1.